The average Bonchev–Trinajstić information content (AvgIpc) is 2.98. The minimum atomic E-state index is -1.64. The zero-order valence-electron chi connectivity index (χ0n) is 17.1. The van der Waals surface area contributed by atoms with Crippen molar-refractivity contribution in [2.24, 2.45) is 5.92 Å². The van der Waals surface area contributed by atoms with E-state index in [1.807, 2.05) is 13.8 Å². The van der Waals surface area contributed by atoms with Gasteiger partial charge in [0.1, 0.15) is 11.2 Å². The molecule has 2 amide bonds. The van der Waals surface area contributed by atoms with Gasteiger partial charge in [0.05, 0.1) is 11.0 Å². The summed E-state index contributed by atoms with van der Waals surface area (Å²) in [6.45, 7) is 4.17. The van der Waals surface area contributed by atoms with Gasteiger partial charge >= 0.3 is 0 Å². The summed E-state index contributed by atoms with van der Waals surface area (Å²) in [5.41, 5.74) is -1.48. The van der Waals surface area contributed by atoms with E-state index in [9.17, 15) is 19.7 Å². The molecular weight excluding hydrogens is 389 g/mol. The second-order valence-electron chi connectivity index (χ2n) is 7.99. The van der Waals surface area contributed by atoms with E-state index < -0.39 is 28.1 Å². The molecule has 0 aliphatic carbocycles. The Morgan fingerprint density at radius 2 is 1.97 bits per heavy atom. The quantitative estimate of drug-likeness (QED) is 0.581. The van der Waals surface area contributed by atoms with Crippen LogP contribution in [0.25, 0.3) is 0 Å². The van der Waals surface area contributed by atoms with Gasteiger partial charge in [-0.2, -0.15) is 0 Å². The van der Waals surface area contributed by atoms with Gasteiger partial charge in [0, 0.05) is 37.7 Å². The van der Waals surface area contributed by atoms with E-state index in [0.717, 1.165) is 18.2 Å². The molecule has 0 bridgehead atoms. The molecule has 0 aromatic heterocycles. The zero-order valence-corrected chi connectivity index (χ0v) is 17.1. The number of likely N-dealkylation sites (N-methyl/N-ethyl adjacent to an activating group) is 1. The van der Waals surface area contributed by atoms with E-state index in [1.54, 1.807) is 37.4 Å². The predicted octanol–water partition coefficient (Wildman–Crippen LogP) is 3.35. The van der Waals surface area contributed by atoms with Crippen molar-refractivity contribution in [2.75, 3.05) is 13.6 Å². The molecule has 1 fully saturated rings. The Bertz CT molecular complexity index is 980. The number of carbonyl (C=O) groups is 2. The highest BCUT2D eigenvalue weighted by atomic mass is 19.1. The van der Waals surface area contributed by atoms with Gasteiger partial charge < -0.3 is 10.2 Å². The minimum Gasteiger partial charge on any atom is -0.355 e. The average molecular weight is 413 g/mol. The molecule has 0 radical (unpaired) electrons. The molecular formula is C22H24FN3O4. The number of nitro groups is 1. The third kappa shape index (κ3) is 3.65. The van der Waals surface area contributed by atoms with E-state index in [2.05, 4.69) is 5.32 Å². The van der Waals surface area contributed by atoms with Gasteiger partial charge in [-0.05, 0) is 17.5 Å². The van der Waals surface area contributed by atoms with E-state index in [1.165, 1.54) is 4.90 Å². The third-order valence-corrected chi connectivity index (χ3v) is 5.51. The van der Waals surface area contributed by atoms with Crippen molar-refractivity contribution >= 4 is 17.5 Å². The highest BCUT2D eigenvalue weighted by Gasteiger charge is 2.58. The highest BCUT2D eigenvalue weighted by Crippen LogP contribution is 2.50. The predicted molar refractivity (Wildman–Crippen MR) is 109 cm³/mol. The van der Waals surface area contributed by atoms with Crippen molar-refractivity contribution < 1.29 is 18.9 Å². The summed E-state index contributed by atoms with van der Waals surface area (Å²) in [7, 11) is 1.56. The van der Waals surface area contributed by atoms with Gasteiger partial charge in [-0.3, -0.25) is 19.7 Å². The normalized spacial score (nSPS) is 21.2. The van der Waals surface area contributed by atoms with Crippen LogP contribution in [0.15, 0.2) is 48.5 Å². The van der Waals surface area contributed by atoms with Crippen LogP contribution in [-0.2, 0) is 15.0 Å². The molecule has 1 N–H and O–H groups in total. The Balaban J connectivity index is 2.27. The number of amides is 2. The zero-order chi connectivity index (χ0) is 22.1. The third-order valence-electron chi connectivity index (χ3n) is 5.51. The summed E-state index contributed by atoms with van der Waals surface area (Å²) in [6, 6.07) is 11.2. The summed E-state index contributed by atoms with van der Waals surface area (Å²) in [4.78, 5) is 38.5. The Hall–Kier alpha value is -3.29. The first-order valence-electron chi connectivity index (χ1n) is 9.71. The lowest BCUT2D eigenvalue weighted by molar-refractivity contribution is -0.385. The maximum absolute atomic E-state index is 15.1. The lowest BCUT2D eigenvalue weighted by Crippen LogP contribution is -2.49. The van der Waals surface area contributed by atoms with Crippen molar-refractivity contribution in [3.05, 3.63) is 75.6 Å². The molecule has 0 unspecified atom stereocenters. The summed E-state index contributed by atoms with van der Waals surface area (Å²) in [5.74, 6) is -1.49. The second kappa shape index (κ2) is 8.22. The maximum Gasteiger partial charge on any atom is 0.269 e. The fourth-order valence-corrected chi connectivity index (χ4v) is 4.07. The van der Waals surface area contributed by atoms with Gasteiger partial charge in [-0.1, -0.05) is 44.2 Å². The van der Waals surface area contributed by atoms with Crippen LogP contribution in [0.3, 0.4) is 0 Å². The number of nitro benzene ring substituents is 1. The molecule has 7 nitrogen and oxygen atoms in total. The van der Waals surface area contributed by atoms with E-state index in [-0.39, 0.29) is 29.5 Å². The van der Waals surface area contributed by atoms with E-state index >= 15 is 4.39 Å². The van der Waals surface area contributed by atoms with Crippen molar-refractivity contribution in [3.8, 4) is 0 Å². The van der Waals surface area contributed by atoms with Crippen LogP contribution in [0.5, 0.6) is 0 Å². The topological polar surface area (TPSA) is 92.5 Å². The van der Waals surface area contributed by atoms with Gasteiger partial charge in [-0.15, -0.1) is 0 Å². The van der Waals surface area contributed by atoms with Crippen LogP contribution < -0.4 is 5.32 Å². The first kappa shape index (κ1) is 21.4. The molecule has 2 aromatic carbocycles. The van der Waals surface area contributed by atoms with Gasteiger partial charge in [0.2, 0.25) is 11.8 Å². The number of nitrogens with one attached hydrogen (secondary N) is 1. The molecule has 1 aliphatic rings. The Morgan fingerprint density at radius 3 is 2.57 bits per heavy atom. The van der Waals surface area contributed by atoms with Crippen LogP contribution in [0.2, 0.25) is 0 Å². The number of halogens is 1. The van der Waals surface area contributed by atoms with E-state index in [0.29, 0.717) is 12.1 Å². The lowest BCUT2D eigenvalue weighted by atomic mass is 9.70. The molecule has 2 atom stereocenters. The number of nitrogens with zero attached hydrogens (tertiary/aromatic N) is 2. The highest BCUT2D eigenvalue weighted by molar-refractivity contribution is 5.98. The monoisotopic (exact) mass is 413 g/mol. The number of rotatable bonds is 6. The number of hydrogen-bond donors (Lipinski definition) is 1. The Labute approximate surface area is 174 Å². The fourth-order valence-electron chi connectivity index (χ4n) is 4.07. The molecule has 8 heteroatoms. The van der Waals surface area contributed by atoms with Crippen molar-refractivity contribution in [1.29, 1.82) is 0 Å². The second-order valence-corrected chi connectivity index (χ2v) is 7.99. The molecule has 1 heterocycles. The van der Waals surface area contributed by atoms with Crippen LogP contribution >= 0.6 is 0 Å². The molecule has 30 heavy (non-hydrogen) atoms. The summed E-state index contributed by atoms with van der Waals surface area (Å²) in [6.07, 6.45) is -0.287. The van der Waals surface area contributed by atoms with Crippen LogP contribution in [-0.4, -0.2) is 35.2 Å². The number of non-ortho nitro benzene ring substituents is 1. The molecule has 0 saturated carbocycles. The Morgan fingerprint density at radius 1 is 1.30 bits per heavy atom. The van der Waals surface area contributed by atoms with Crippen LogP contribution in [0, 0.1) is 21.8 Å². The first-order valence-corrected chi connectivity index (χ1v) is 9.71. The van der Waals surface area contributed by atoms with Gasteiger partial charge in [-0.25, -0.2) is 4.39 Å². The van der Waals surface area contributed by atoms with E-state index in [4.69, 9.17) is 0 Å². The number of benzene rings is 2. The van der Waals surface area contributed by atoms with Gasteiger partial charge in [0.15, 0.2) is 0 Å². The largest absolute Gasteiger partial charge is 0.355 e. The first-order chi connectivity index (χ1) is 14.2. The fraction of sp³-hybridized carbons (Fsp3) is 0.364. The molecule has 1 saturated heterocycles. The number of likely N-dealkylation sites (tertiary alicyclic amines) is 1. The lowest BCUT2D eigenvalue weighted by Gasteiger charge is -2.36. The van der Waals surface area contributed by atoms with Crippen LogP contribution in [0.4, 0.5) is 10.1 Å². The summed E-state index contributed by atoms with van der Waals surface area (Å²) < 4.78 is 15.1. The molecule has 158 valence electrons. The standard InChI is InChI=1S/C22H24FN3O4/c1-14(2)13-24-21(28)22(17-11-16(26(29)30)9-10-18(17)23)12-19(27)25(3)20(22)15-7-5-4-6-8-15/h4-11,14,20H,12-13H2,1-3H3,(H,24,28)/t20-,22+/m1/s1. The number of hydrogen-bond acceptors (Lipinski definition) is 4. The van der Waals surface area contributed by atoms with Crippen molar-refractivity contribution in [1.82, 2.24) is 10.2 Å². The molecule has 0 spiro atoms. The SMILES string of the molecule is CC(C)CNC(=O)[C@]1(c2cc([N+](=O)[O-])ccc2F)CC(=O)N(C)[C@@H]1c1ccccc1. The Kier molecular flexibility index (Phi) is 5.87. The van der Waals surface area contributed by atoms with Crippen molar-refractivity contribution in [3.63, 3.8) is 0 Å². The van der Waals surface area contributed by atoms with Gasteiger partial charge in [0.25, 0.3) is 5.69 Å². The summed E-state index contributed by atoms with van der Waals surface area (Å²) in [5, 5.41) is 14.2. The van der Waals surface area contributed by atoms with Crippen molar-refractivity contribution in [2.45, 2.75) is 31.7 Å². The van der Waals surface area contributed by atoms with Crippen LogP contribution in [0.1, 0.15) is 37.4 Å². The molecule has 2 aromatic rings. The molecule has 3 rings (SSSR count). The molecule has 1 aliphatic heterocycles. The minimum absolute atomic E-state index is 0.131. The smallest absolute Gasteiger partial charge is 0.269 e. The number of carbonyl (C=O) groups excluding carboxylic acids is 2. The summed E-state index contributed by atoms with van der Waals surface area (Å²) >= 11 is 0. The maximum atomic E-state index is 15.1.